The molecule has 4 atom stereocenters. The van der Waals surface area contributed by atoms with Crippen LogP contribution in [-0.4, -0.2) is 0 Å². The largest absolute Gasteiger partial charge is 0.198 e. The van der Waals surface area contributed by atoms with E-state index >= 15 is 0 Å². The molecule has 0 aliphatic heterocycles. The number of hydrogen-bond acceptors (Lipinski definition) is 1. The topological polar surface area (TPSA) is 23.8 Å². The first-order valence-electron chi connectivity index (χ1n) is 11.0. The van der Waals surface area contributed by atoms with E-state index in [9.17, 15) is 0 Å². The average Bonchev–Trinajstić information content (AvgIpc) is 2.99. The summed E-state index contributed by atoms with van der Waals surface area (Å²) in [6.07, 6.45) is 19.8. The maximum Gasteiger partial charge on any atom is 0.0621 e. The molecule has 3 aliphatic rings. The monoisotopic (exact) mass is 367 g/mol. The zero-order valence-electron chi connectivity index (χ0n) is 17.0. The molecular formula is C26H41N. The average molecular weight is 368 g/mol. The zero-order valence-corrected chi connectivity index (χ0v) is 17.0. The quantitative estimate of drug-likeness (QED) is 0.450. The highest BCUT2D eigenvalue weighted by Gasteiger charge is 2.50. The lowest BCUT2D eigenvalue weighted by atomic mass is 9.60. The highest BCUT2D eigenvalue weighted by molar-refractivity contribution is 5.35. The molecule has 0 aromatic heterocycles. The SMILES string of the molecule is C.C=C1CCCC/C1=C/C=C1\CCCC2(C)C1CCC2C(C)CCCC#N. The van der Waals surface area contributed by atoms with Crippen LogP contribution in [0.25, 0.3) is 0 Å². The van der Waals surface area contributed by atoms with Gasteiger partial charge in [-0.15, -0.1) is 0 Å². The van der Waals surface area contributed by atoms with Crippen molar-refractivity contribution in [3.63, 3.8) is 0 Å². The van der Waals surface area contributed by atoms with Crippen LogP contribution in [0.3, 0.4) is 0 Å². The van der Waals surface area contributed by atoms with Gasteiger partial charge in [-0.25, -0.2) is 0 Å². The van der Waals surface area contributed by atoms with Gasteiger partial charge in [-0.2, -0.15) is 5.26 Å². The van der Waals surface area contributed by atoms with Crippen LogP contribution in [0, 0.1) is 34.5 Å². The van der Waals surface area contributed by atoms with E-state index in [-0.39, 0.29) is 7.43 Å². The van der Waals surface area contributed by atoms with Crippen LogP contribution in [0.1, 0.15) is 98.3 Å². The number of nitriles is 1. The van der Waals surface area contributed by atoms with Gasteiger partial charge in [-0.05, 0) is 99.4 Å². The lowest BCUT2D eigenvalue weighted by molar-refractivity contribution is 0.0936. The van der Waals surface area contributed by atoms with Crippen LogP contribution in [0.2, 0.25) is 0 Å². The molecule has 0 saturated heterocycles. The van der Waals surface area contributed by atoms with E-state index in [4.69, 9.17) is 5.26 Å². The predicted octanol–water partition coefficient (Wildman–Crippen LogP) is 8.15. The Morgan fingerprint density at radius 1 is 1.19 bits per heavy atom. The smallest absolute Gasteiger partial charge is 0.0621 e. The Kier molecular flexibility index (Phi) is 7.96. The molecule has 0 amide bonds. The normalized spacial score (nSPS) is 34.8. The summed E-state index contributed by atoms with van der Waals surface area (Å²) < 4.78 is 0. The van der Waals surface area contributed by atoms with Crippen molar-refractivity contribution in [2.45, 2.75) is 98.3 Å². The van der Waals surface area contributed by atoms with E-state index in [1.807, 2.05) is 0 Å². The van der Waals surface area contributed by atoms with Gasteiger partial charge in [0.05, 0.1) is 6.07 Å². The molecule has 1 heteroatoms. The first kappa shape index (κ1) is 22.0. The van der Waals surface area contributed by atoms with Gasteiger partial charge in [-0.3, -0.25) is 0 Å². The molecule has 0 heterocycles. The van der Waals surface area contributed by atoms with Crippen molar-refractivity contribution >= 4 is 0 Å². The van der Waals surface area contributed by atoms with Crippen molar-refractivity contribution < 1.29 is 0 Å². The zero-order chi connectivity index (χ0) is 18.6. The number of allylic oxidation sites excluding steroid dienone is 5. The van der Waals surface area contributed by atoms with E-state index in [0.717, 1.165) is 30.6 Å². The van der Waals surface area contributed by atoms with Gasteiger partial charge in [0.25, 0.3) is 0 Å². The second-order valence-electron chi connectivity index (χ2n) is 9.37. The van der Waals surface area contributed by atoms with Gasteiger partial charge in [0.15, 0.2) is 0 Å². The molecule has 3 rings (SSSR count). The van der Waals surface area contributed by atoms with Gasteiger partial charge in [-0.1, -0.05) is 51.2 Å². The van der Waals surface area contributed by atoms with E-state index < -0.39 is 0 Å². The van der Waals surface area contributed by atoms with E-state index in [1.165, 1.54) is 75.4 Å². The van der Waals surface area contributed by atoms with Crippen LogP contribution in [0.15, 0.2) is 35.5 Å². The standard InChI is InChI=1S/C25H37N.CH4/c1-19-9-4-5-11-21(19)13-14-22-12-8-17-25(3)23(15-16-24(22)25)20(2)10-6-7-18-26;/h13-14,20,23-24H,1,4-12,15-17H2,2-3H3;1H4/b21-13-,22-14+;. The van der Waals surface area contributed by atoms with Crippen molar-refractivity contribution in [3.05, 3.63) is 35.5 Å². The Hall–Kier alpha value is -1.29. The number of hydrogen-bond donors (Lipinski definition) is 0. The molecule has 3 fully saturated rings. The molecule has 150 valence electrons. The lowest BCUT2D eigenvalue weighted by Crippen LogP contribution is -2.36. The minimum atomic E-state index is 0. The van der Waals surface area contributed by atoms with Crippen molar-refractivity contribution in [2.75, 3.05) is 0 Å². The van der Waals surface area contributed by atoms with Crippen molar-refractivity contribution in [3.8, 4) is 6.07 Å². The first-order chi connectivity index (χ1) is 12.6. The Labute approximate surface area is 168 Å². The molecule has 0 spiro atoms. The van der Waals surface area contributed by atoms with E-state index in [0.29, 0.717) is 5.41 Å². The highest BCUT2D eigenvalue weighted by atomic mass is 14.5. The summed E-state index contributed by atoms with van der Waals surface area (Å²) in [5, 5.41) is 8.83. The minimum Gasteiger partial charge on any atom is -0.198 e. The van der Waals surface area contributed by atoms with Gasteiger partial charge >= 0.3 is 0 Å². The predicted molar refractivity (Wildman–Crippen MR) is 117 cm³/mol. The summed E-state index contributed by atoms with van der Waals surface area (Å²) in [5.74, 6) is 2.38. The van der Waals surface area contributed by atoms with Gasteiger partial charge in [0.1, 0.15) is 0 Å². The summed E-state index contributed by atoms with van der Waals surface area (Å²) in [4.78, 5) is 0. The third kappa shape index (κ3) is 4.77. The Morgan fingerprint density at radius 3 is 2.70 bits per heavy atom. The molecule has 0 aromatic carbocycles. The molecule has 0 aromatic rings. The van der Waals surface area contributed by atoms with Gasteiger partial charge in [0.2, 0.25) is 0 Å². The third-order valence-electron chi connectivity index (χ3n) is 7.80. The lowest BCUT2D eigenvalue weighted by Gasteiger charge is -2.44. The second kappa shape index (κ2) is 9.77. The Balaban J connectivity index is 0.00000261. The molecule has 27 heavy (non-hydrogen) atoms. The fourth-order valence-corrected chi connectivity index (χ4v) is 6.32. The second-order valence-corrected chi connectivity index (χ2v) is 9.37. The van der Waals surface area contributed by atoms with Crippen LogP contribution in [-0.2, 0) is 0 Å². The number of nitrogens with zero attached hydrogens (tertiary/aromatic N) is 1. The van der Waals surface area contributed by atoms with E-state index in [2.05, 4.69) is 38.6 Å². The maximum absolute atomic E-state index is 8.83. The van der Waals surface area contributed by atoms with Crippen LogP contribution < -0.4 is 0 Å². The molecule has 3 saturated carbocycles. The number of rotatable bonds is 5. The van der Waals surface area contributed by atoms with Crippen molar-refractivity contribution in [1.82, 2.24) is 0 Å². The van der Waals surface area contributed by atoms with Crippen LogP contribution in [0.4, 0.5) is 0 Å². The number of unbranched alkanes of at least 4 members (excludes halogenated alkanes) is 1. The highest BCUT2D eigenvalue weighted by Crippen LogP contribution is 2.59. The molecule has 1 nitrogen and oxygen atoms in total. The molecule has 3 aliphatic carbocycles. The Morgan fingerprint density at radius 2 is 1.96 bits per heavy atom. The molecule has 0 bridgehead atoms. The molecular weight excluding hydrogens is 326 g/mol. The van der Waals surface area contributed by atoms with Crippen LogP contribution >= 0.6 is 0 Å². The molecule has 0 radical (unpaired) electrons. The van der Waals surface area contributed by atoms with E-state index in [1.54, 1.807) is 5.57 Å². The molecule has 0 N–H and O–H groups in total. The van der Waals surface area contributed by atoms with Crippen LogP contribution in [0.5, 0.6) is 0 Å². The summed E-state index contributed by atoms with van der Waals surface area (Å²) in [5.41, 5.74) is 5.09. The van der Waals surface area contributed by atoms with Gasteiger partial charge < -0.3 is 0 Å². The first-order valence-corrected chi connectivity index (χ1v) is 11.0. The minimum absolute atomic E-state index is 0. The fraction of sp³-hybridized carbons (Fsp3) is 0.731. The van der Waals surface area contributed by atoms with Crippen molar-refractivity contribution in [1.29, 1.82) is 5.26 Å². The maximum atomic E-state index is 8.83. The van der Waals surface area contributed by atoms with Crippen molar-refractivity contribution in [2.24, 2.45) is 23.2 Å². The summed E-state index contributed by atoms with van der Waals surface area (Å²) in [6, 6.07) is 2.32. The Bertz CT molecular complexity index is 617. The summed E-state index contributed by atoms with van der Waals surface area (Å²) in [7, 11) is 0. The van der Waals surface area contributed by atoms with Gasteiger partial charge in [0, 0.05) is 6.42 Å². The summed E-state index contributed by atoms with van der Waals surface area (Å²) >= 11 is 0. The summed E-state index contributed by atoms with van der Waals surface area (Å²) in [6.45, 7) is 9.32. The fourth-order valence-electron chi connectivity index (χ4n) is 6.32. The number of fused-ring (bicyclic) bond motifs is 1. The third-order valence-corrected chi connectivity index (χ3v) is 7.80. The molecule has 4 unspecified atom stereocenters.